The monoisotopic (exact) mass is 320 g/mol. The van der Waals surface area contributed by atoms with Gasteiger partial charge in [-0.05, 0) is 22.4 Å². The van der Waals surface area contributed by atoms with E-state index in [1.165, 1.54) is 0 Å². The van der Waals surface area contributed by atoms with E-state index in [-0.39, 0.29) is 0 Å². The molecular weight excluding hydrogens is 305 g/mol. The molecule has 0 aromatic heterocycles. The Morgan fingerprint density at radius 2 is 2.00 bits per heavy atom. The number of rotatable bonds is 8. The first-order valence-corrected chi connectivity index (χ1v) is 6.25. The predicted molar refractivity (Wildman–Crippen MR) is 60.0 cm³/mol. The molecule has 102 valence electrons. The zero-order valence-corrected chi connectivity index (χ0v) is 11.1. The minimum atomic E-state index is -4.52. The maximum atomic E-state index is 12.1. The van der Waals surface area contributed by atoms with Crippen LogP contribution in [0, 0.1) is 5.92 Å². The van der Waals surface area contributed by atoms with Crippen LogP contribution in [0.4, 0.5) is 13.2 Å². The summed E-state index contributed by atoms with van der Waals surface area (Å²) >= 11 is 2.32. The number of carbonyl (C=O) groups is 1. The highest BCUT2D eigenvalue weighted by Gasteiger charge is 2.39. The van der Waals surface area contributed by atoms with Gasteiger partial charge in [0.15, 0.2) is 0 Å². The molecule has 7 heteroatoms. The maximum absolute atomic E-state index is 12.1. The summed E-state index contributed by atoms with van der Waals surface area (Å²) in [6.07, 6.45) is -1.72. The summed E-state index contributed by atoms with van der Waals surface area (Å²) in [6, 6.07) is 0. The molecular formula is C10H16BrF3O3. The highest BCUT2D eigenvalue weighted by molar-refractivity contribution is 9.09. The minimum absolute atomic E-state index is 0.334. The van der Waals surface area contributed by atoms with Gasteiger partial charge in [-0.3, -0.25) is 4.79 Å². The molecule has 0 aromatic rings. The van der Waals surface area contributed by atoms with Crippen LogP contribution in [0.25, 0.3) is 0 Å². The molecule has 0 saturated carbocycles. The molecule has 3 nitrogen and oxygen atoms in total. The van der Waals surface area contributed by atoms with E-state index in [2.05, 4.69) is 20.7 Å². The lowest BCUT2D eigenvalue weighted by molar-refractivity contribution is -0.191. The van der Waals surface area contributed by atoms with Crippen molar-refractivity contribution in [3.05, 3.63) is 0 Å². The molecule has 2 atom stereocenters. The van der Waals surface area contributed by atoms with Crippen LogP contribution in [0.3, 0.4) is 0 Å². The molecule has 0 aliphatic rings. The lowest BCUT2D eigenvalue weighted by atomic mass is 10.0. The fourth-order valence-electron chi connectivity index (χ4n) is 1.21. The molecule has 1 N–H and O–H groups in total. The second-order valence-electron chi connectivity index (χ2n) is 3.72. The largest absolute Gasteiger partial charge is 0.481 e. The predicted octanol–water partition coefficient (Wildman–Crippen LogP) is 3.57. The summed E-state index contributed by atoms with van der Waals surface area (Å²) in [5.74, 6) is -2.01. The van der Waals surface area contributed by atoms with Crippen LogP contribution in [-0.2, 0) is 9.53 Å². The van der Waals surface area contributed by atoms with Crippen molar-refractivity contribution in [1.82, 2.24) is 0 Å². The van der Waals surface area contributed by atoms with Crippen molar-refractivity contribution in [3.63, 3.8) is 0 Å². The summed E-state index contributed by atoms with van der Waals surface area (Å²) in [4.78, 5) is 10.8. The first kappa shape index (κ1) is 16.7. The van der Waals surface area contributed by atoms with Crippen LogP contribution < -0.4 is 0 Å². The Hall–Kier alpha value is -0.300. The molecule has 0 aliphatic heterocycles. The summed E-state index contributed by atoms with van der Waals surface area (Å²) in [7, 11) is 0. The second kappa shape index (κ2) is 7.92. The number of halogens is 4. The van der Waals surface area contributed by atoms with Gasteiger partial charge in [-0.2, -0.15) is 13.2 Å². The van der Waals surface area contributed by atoms with Gasteiger partial charge in [0.1, 0.15) is 0 Å². The van der Waals surface area contributed by atoms with Crippen LogP contribution in [0.5, 0.6) is 0 Å². The fraction of sp³-hybridized carbons (Fsp3) is 0.900. The van der Waals surface area contributed by atoms with Gasteiger partial charge >= 0.3 is 12.1 Å². The SMILES string of the molecule is CCCCCC(COC(Br)C(F)(F)F)C(=O)O. The van der Waals surface area contributed by atoms with Gasteiger partial charge in [-0.15, -0.1) is 0 Å². The molecule has 0 aromatic carbocycles. The molecule has 0 bridgehead atoms. The van der Waals surface area contributed by atoms with E-state index in [1.54, 1.807) is 0 Å². The molecule has 2 unspecified atom stereocenters. The van der Waals surface area contributed by atoms with Crippen molar-refractivity contribution in [2.75, 3.05) is 6.61 Å². The molecule has 0 rings (SSSR count). The summed E-state index contributed by atoms with van der Waals surface area (Å²) in [5, 5.41) is 6.70. The topological polar surface area (TPSA) is 46.5 Å². The Morgan fingerprint density at radius 1 is 1.41 bits per heavy atom. The number of hydrogen-bond acceptors (Lipinski definition) is 2. The third kappa shape index (κ3) is 7.59. The van der Waals surface area contributed by atoms with E-state index in [0.717, 1.165) is 12.8 Å². The number of unbranched alkanes of at least 4 members (excludes halogenated alkanes) is 2. The molecule has 0 spiro atoms. The summed E-state index contributed by atoms with van der Waals surface area (Å²) < 4.78 is 40.7. The van der Waals surface area contributed by atoms with Crippen molar-refractivity contribution in [2.45, 2.75) is 43.8 Å². The molecule has 0 saturated heterocycles. The van der Waals surface area contributed by atoms with Gasteiger partial charge in [-0.25, -0.2) is 0 Å². The van der Waals surface area contributed by atoms with Crippen LogP contribution in [0.15, 0.2) is 0 Å². The summed E-state index contributed by atoms with van der Waals surface area (Å²) in [6.45, 7) is 1.53. The van der Waals surface area contributed by atoms with E-state index in [9.17, 15) is 18.0 Å². The molecule has 0 fully saturated rings. The number of aliphatic carboxylic acids is 1. The molecule has 0 heterocycles. The number of hydrogen-bond donors (Lipinski definition) is 1. The average molecular weight is 321 g/mol. The highest BCUT2D eigenvalue weighted by Crippen LogP contribution is 2.28. The molecule has 17 heavy (non-hydrogen) atoms. The van der Waals surface area contributed by atoms with E-state index in [0.29, 0.717) is 12.8 Å². The molecule has 0 radical (unpaired) electrons. The van der Waals surface area contributed by atoms with Gasteiger partial charge in [-0.1, -0.05) is 26.2 Å². The number of carboxylic acid groups (broad SMARTS) is 1. The first-order valence-electron chi connectivity index (χ1n) is 5.34. The van der Waals surface area contributed by atoms with E-state index in [1.807, 2.05) is 6.92 Å². The highest BCUT2D eigenvalue weighted by atomic mass is 79.9. The quantitative estimate of drug-likeness (QED) is 0.549. The lowest BCUT2D eigenvalue weighted by Gasteiger charge is -2.18. The second-order valence-corrected chi connectivity index (χ2v) is 4.55. The van der Waals surface area contributed by atoms with Crippen molar-refractivity contribution >= 4 is 21.9 Å². The average Bonchev–Trinajstić information content (AvgIpc) is 2.20. The van der Waals surface area contributed by atoms with Crippen LogP contribution in [0.1, 0.15) is 32.6 Å². The minimum Gasteiger partial charge on any atom is -0.481 e. The standard InChI is InChI=1S/C10H16BrF3O3/c1-2-3-4-5-7(8(15)16)6-17-9(11)10(12,13)14/h7,9H,2-6H2,1H3,(H,15,16). The van der Waals surface area contributed by atoms with Crippen molar-refractivity contribution in [2.24, 2.45) is 5.92 Å². The van der Waals surface area contributed by atoms with Crippen molar-refractivity contribution in [3.8, 4) is 0 Å². The van der Waals surface area contributed by atoms with Gasteiger partial charge in [0.05, 0.1) is 12.5 Å². The normalized spacial score (nSPS) is 15.6. The lowest BCUT2D eigenvalue weighted by Crippen LogP contribution is -2.30. The Morgan fingerprint density at radius 3 is 2.41 bits per heavy atom. The van der Waals surface area contributed by atoms with Gasteiger partial charge in [0.25, 0.3) is 0 Å². The molecule has 0 amide bonds. The Bertz CT molecular complexity index is 233. The number of ether oxygens (including phenoxy) is 1. The van der Waals surface area contributed by atoms with Gasteiger partial charge in [0.2, 0.25) is 5.01 Å². The Balaban J connectivity index is 4.05. The third-order valence-corrected chi connectivity index (χ3v) is 2.99. The number of alkyl halides is 4. The van der Waals surface area contributed by atoms with Crippen LogP contribution >= 0.6 is 15.9 Å². The zero-order valence-electron chi connectivity index (χ0n) is 9.47. The third-order valence-electron chi connectivity index (χ3n) is 2.21. The van der Waals surface area contributed by atoms with Crippen molar-refractivity contribution in [1.29, 1.82) is 0 Å². The Labute approximate surface area is 106 Å². The van der Waals surface area contributed by atoms with Gasteiger partial charge < -0.3 is 9.84 Å². The fourth-order valence-corrected chi connectivity index (χ4v) is 1.37. The maximum Gasteiger partial charge on any atom is 0.424 e. The first-order chi connectivity index (χ1) is 7.79. The summed E-state index contributed by atoms with van der Waals surface area (Å²) in [5.41, 5.74) is 0. The smallest absolute Gasteiger partial charge is 0.424 e. The Kier molecular flexibility index (Phi) is 7.78. The van der Waals surface area contributed by atoms with Crippen LogP contribution in [0.2, 0.25) is 0 Å². The van der Waals surface area contributed by atoms with E-state index in [4.69, 9.17) is 5.11 Å². The van der Waals surface area contributed by atoms with Crippen LogP contribution in [-0.4, -0.2) is 28.9 Å². The van der Waals surface area contributed by atoms with E-state index < -0.39 is 29.7 Å². The van der Waals surface area contributed by atoms with Gasteiger partial charge in [0, 0.05) is 0 Å². The zero-order chi connectivity index (χ0) is 13.5. The molecule has 0 aliphatic carbocycles. The number of carboxylic acids is 1. The van der Waals surface area contributed by atoms with Crippen molar-refractivity contribution < 1.29 is 27.8 Å². The van der Waals surface area contributed by atoms with E-state index >= 15 is 0 Å².